The fraction of sp³-hybridized carbons (Fsp3) is 0.222. The largest absolute Gasteiger partial charge is 0.387 e. The lowest BCUT2D eigenvalue weighted by molar-refractivity contribution is 1.24. The van der Waals surface area contributed by atoms with Crippen LogP contribution in [0.5, 0.6) is 0 Å². The standard InChI is InChI=1S/C9H9ClN4S/c1-2-7(11)12-8-5(10)3-4-6-9(8)14-15-13-6/h3-4H,2H2,1H3,(H2,11,12). The molecule has 1 aromatic heterocycles. The van der Waals surface area contributed by atoms with Gasteiger partial charge in [-0.05, 0) is 12.1 Å². The number of halogens is 1. The van der Waals surface area contributed by atoms with Crippen LogP contribution < -0.4 is 5.73 Å². The van der Waals surface area contributed by atoms with Crippen molar-refractivity contribution in [2.24, 2.45) is 10.7 Å². The Hall–Kier alpha value is -1.20. The van der Waals surface area contributed by atoms with Gasteiger partial charge in [-0.2, -0.15) is 8.75 Å². The van der Waals surface area contributed by atoms with Crippen LogP contribution in [-0.2, 0) is 0 Å². The Balaban J connectivity index is 2.66. The molecule has 2 aromatic rings. The molecule has 0 atom stereocenters. The first-order chi connectivity index (χ1) is 7.22. The van der Waals surface area contributed by atoms with E-state index in [9.17, 15) is 0 Å². The fourth-order valence-corrected chi connectivity index (χ4v) is 1.87. The van der Waals surface area contributed by atoms with Crippen LogP contribution in [-0.4, -0.2) is 14.6 Å². The van der Waals surface area contributed by atoms with Crippen LogP contribution in [0, 0.1) is 0 Å². The van der Waals surface area contributed by atoms with Crippen molar-refractivity contribution in [3.05, 3.63) is 17.2 Å². The summed E-state index contributed by atoms with van der Waals surface area (Å²) in [5.74, 6) is 0.539. The second-order valence-corrected chi connectivity index (χ2v) is 3.92. The smallest absolute Gasteiger partial charge is 0.132 e. The molecule has 0 bridgehead atoms. The number of benzene rings is 1. The van der Waals surface area contributed by atoms with E-state index in [1.807, 2.05) is 13.0 Å². The molecule has 1 aromatic carbocycles. The maximum atomic E-state index is 6.04. The first kappa shape index (κ1) is 10.3. The molecular weight excluding hydrogens is 232 g/mol. The molecule has 15 heavy (non-hydrogen) atoms. The number of nitrogens with two attached hydrogens (primary N) is 1. The lowest BCUT2D eigenvalue weighted by Gasteiger charge is -2.00. The third kappa shape index (κ3) is 1.93. The molecule has 1 heterocycles. The average Bonchev–Trinajstić information content (AvgIpc) is 2.70. The van der Waals surface area contributed by atoms with Crippen molar-refractivity contribution in [2.75, 3.05) is 0 Å². The maximum absolute atomic E-state index is 6.04. The molecule has 0 saturated heterocycles. The SMILES string of the molecule is CCC(N)=Nc1c(Cl)ccc2nsnc12. The predicted molar refractivity (Wildman–Crippen MR) is 64.0 cm³/mol. The minimum absolute atomic E-state index is 0.539. The predicted octanol–water partition coefficient (Wildman–Crippen LogP) is 2.74. The quantitative estimate of drug-likeness (QED) is 0.649. The van der Waals surface area contributed by atoms with E-state index in [1.54, 1.807) is 6.07 Å². The zero-order valence-electron chi connectivity index (χ0n) is 8.07. The van der Waals surface area contributed by atoms with E-state index in [-0.39, 0.29) is 0 Å². The summed E-state index contributed by atoms with van der Waals surface area (Å²) >= 11 is 7.18. The van der Waals surface area contributed by atoms with Gasteiger partial charge in [0, 0.05) is 6.42 Å². The van der Waals surface area contributed by atoms with Gasteiger partial charge < -0.3 is 5.73 Å². The molecule has 0 spiro atoms. The minimum atomic E-state index is 0.539. The average molecular weight is 241 g/mol. The molecule has 0 amide bonds. The molecule has 0 radical (unpaired) electrons. The Morgan fingerprint density at radius 3 is 3.07 bits per heavy atom. The molecule has 0 saturated carbocycles. The third-order valence-electron chi connectivity index (χ3n) is 1.97. The van der Waals surface area contributed by atoms with Gasteiger partial charge in [0.25, 0.3) is 0 Å². The third-order valence-corrected chi connectivity index (χ3v) is 2.82. The molecule has 78 valence electrons. The highest BCUT2D eigenvalue weighted by Gasteiger charge is 2.09. The van der Waals surface area contributed by atoms with E-state index in [4.69, 9.17) is 17.3 Å². The second kappa shape index (κ2) is 4.12. The molecule has 0 aliphatic carbocycles. The number of hydrogen-bond donors (Lipinski definition) is 1. The zero-order valence-corrected chi connectivity index (χ0v) is 9.64. The highest BCUT2D eigenvalue weighted by molar-refractivity contribution is 7.00. The Morgan fingerprint density at radius 2 is 2.33 bits per heavy atom. The monoisotopic (exact) mass is 240 g/mol. The molecule has 0 aliphatic rings. The van der Waals surface area contributed by atoms with Crippen molar-refractivity contribution in [2.45, 2.75) is 13.3 Å². The molecule has 6 heteroatoms. The Kier molecular flexibility index (Phi) is 2.83. The van der Waals surface area contributed by atoms with E-state index in [0.717, 1.165) is 17.2 Å². The van der Waals surface area contributed by atoms with Crippen LogP contribution in [0.1, 0.15) is 13.3 Å². The summed E-state index contributed by atoms with van der Waals surface area (Å²) in [5.41, 5.74) is 7.80. The van der Waals surface area contributed by atoms with Crippen molar-refractivity contribution >= 4 is 45.9 Å². The number of hydrogen-bond acceptors (Lipinski definition) is 4. The van der Waals surface area contributed by atoms with Crippen molar-refractivity contribution in [3.63, 3.8) is 0 Å². The molecule has 2 rings (SSSR count). The number of amidine groups is 1. The van der Waals surface area contributed by atoms with Crippen LogP contribution >= 0.6 is 23.3 Å². The molecular formula is C9H9ClN4S. The molecule has 4 nitrogen and oxygen atoms in total. The normalized spacial score (nSPS) is 12.3. The van der Waals surface area contributed by atoms with Gasteiger partial charge in [-0.3, -0.25) is 0 Å². The van der Waals surface area contributed by atoms with Crippen LogP contribution in [0.2, 0.25) is 5.02 Å². The number of nitrogens with zero attached hydrogens (tertiary/aromatic N) is 3. The number of aromatic nitrogens is 2. The van der Waals surface area contributed by atoms with Crippen LogP contribution in [0.25, 0.3) is 11.0 Å². The van der Waals surface area contributed by atoms with Crippen molar-refractivity contribution in [3.8, 4) is 0 Å². The number of fused-ring (bicyclic) bond motifs is 1. The maximum Gasteiger partial charge on any atom is 0.132 e. The van der Waals surface area contributed by atoms with Gasteiger partial charge in [0.2, 0.25) is 0 Å². The van der Waals surface area contributed by atoms with Crippen LogP contribution in [0.15, 0.2) is 17.1 Å². The van der Waals surface area contributed by atoms with Gasteiger partial charge in [0.1, 0.15) is 16.7 Å². The Bertz CT molecular complexity index is 520. The first-order valence-electron chi connectivity index (χ1n) is 4.46. The summed E-state index contributed by atoms with van der Waals surface area (Å²) in [7, 11) is 0. The van der Waals surface area contributed by atoms with Gasteiger partial charge in [0.05, 0.1) is 22.6 Å². The van der Waals surface area contributed by atoms with Gasteiger partial charge >= 0.3 is 0 Å². The van der Waals surface area contributed by atoms with E-state index in [0.29, 0.717) is 28.5 Å². The number of rotatable bonds is 2. The summed E-state index contributed by atoms with van der Waals surface area (Å²) in [5, 5.41) is 0.548. The van der Waals surface area contributed by atoms with Gasteiger partial charge in [-0.15, -0.1) is 0 Å². The van der Waals surface area contributed by atoms with Gasteiger partial charge in [-0.25, -0.2) is 4.99 Å². The van der Waals surface area contributed by atoms with E-state index in [2.05, 4.69) is 13.7 Å². The van der Waals surface area contributed by atoms with Crippen molar-refractivity contribution in [1.82, 2.24) is 8.75 Å². The number of aliphatic imine (C=N–C) groups is 1. The summed E-state index contributed by atoms with van der Waals surface area (Å²) in [6.07, 6.45) is 0.685. The lowest BCUT2D eigenvalue weighted by atomic mass is 10.2. The van der Waals surface area contributed by atoms with E-state index >= 15 is 0 Å². The van der Waals surface area contributed by atoms with Crippen LogP contribution in [0.3, 0.4) is 0 Å². The highest BCUT2D eigenvalue weighted by Crippen LogP contribution is 2.32. The highest BCUT2D eigenvalue weighted by atomic mass is 35.5. The molecule has 0 unspecified atom stereocenters. The summed E-state index contributed by atoms with van der Waals surface area (Å²) < 4.78 is 8.27. The summed E-state index contributed by atoms with van der Waals surface area (Å²) in [6, 6.07) is 3.58. The van der Waals surface area contributed by atoms with Crippen molar-refractivity contribution in [1.29, 1.82) is 0 Å². The molecule has 0 fully saturated rings. The van der Waals surface area contributed by atoms with Gasteiger partial charge in [-0.1, -0.05) is 18.5 Å². The summed E-state index contributed by atoms with van der Waals surface area (Å²) in [4.78, 5) is 4.24. The second-order valence-electron chi connectivity index (χ2n) is 2.98. The topological polar surface area (TPSA) is 64.2 Å². The zero-order chi connectivity index (χ0) is 10.8. The lowest BCUT2D eigenvalue weighted by Crippen LogP contribution is -2.08. The summed E-state index contributed by atoms with van der Waals surface area (Å²) in [6.45, 7) is 1.94. The van der Waals surface area contributed by atoms with Crippen molar-refractivity contribution < 1.29 is 0 Å². The first-order valence-corrected chi connectivity index (χ1v) is 5.57. The fourth-order valence-electron chi connectivity index (χ4n) is 1.14. The molecule has 2 N–H and O–H groups in total. The molecule has 0 aliphatic heterocycles. The Labute approximate surface area is 96.1 Å². The van der Waals surface area contributed by atoms with Crippen LogP contribution in [0.4, 0.5) is 5.69 Å². The van der Waals surface area contributed by atoms with Gasteiger partial charge in [0.15, 0.2) is 0 Å². The Morgan fingerprint density at radius 1 is 1.53 bits per heavy atom. The minimum Gasteiger partial charge on any atom is -0.387 e. The van der Waals surface area contributed by atoms with E-state index < -0.39 is 0 Å². The van der Waals surface area contributed by atoms with E-state index in [1.165, 1.54) is 0 Å².